The molecule has 0 atom stereocenters. The van der Waals surface area contributed by atoms with Gasteiger partial charge in [-0.15, -0.1) is 0 Å². The van der Waals surface area contributed by atoms with Gasteiger partial charge in [0.05, 0.1) is 10.5 Å². The van der Waals surface area contributed by atoms with Crippen LogP contribution in [0.15, 0.2) is 42.5 Å². The van der Waals surface area contributed by atoms with E-state index >= 15 is 0 Å². The van der Waals surface area contributed by atoms with Crippen molar-refractivity contribution in [2.24, 2.45) is 0 Å². The number of nitro groups is 1. The van der Waals surface area contributed by atoms with Crippen molar-refractivity contribution in [2.75, 3.05) is 18.4 Å². The summed E-state index contributed by atoms with van der Waals surface area (Å²) in [6.45, 7) is 0.829. The molecule has 2 amide bonds. The highest BCUT2D eigenvalue weighted by Crippen LogP contribution is 2.33. The topological polar surface area (TPSA) is 105 Å². The van der Waals surface area contributed by atoms with Crippen molar-refractivity contribution in [1.82, 2.24) is 10.2 Å². The predicted octanol–water partition coefficient (Wildman–Crippen LogP) is 3.04. The van der Waals surface area contributed by atoms with Gasteiger partial charge >= 0.3 is 0 Å². The molecule has 2 aliphatic rings. The maximum atomic E-state index is 12.7. The molecular formula is C19H17ClN4O4. The maximum absolute atomic E-state index is 12.7. The SMILES string of the molecule is O=C1NC2(CCN(C(=O)c3cccc([N+](=O)[O-])c3)CC2)Nc2ccc(Cl)cc21. The summed E-state index contributed by atoms with van der Waals surface area (Å²) in [5.74, 6) is -0.456. The number of carbonyl (C=O) groups is 2. The van der Waals surface area contributed by atoms with Crippen molar-refractivity contribution < 1.29 is 14.5 Å². The van der Waals surface area contributed by atoms with Crippen LogP contribution in [-0.2, 0) is 0 Å². The number of amides is 2. The largest absolute Gasteiger partial charge is 0.362 e. The summed E-state index contributed by atoms with van der Waals surface area (Å²) in [6.07, 6.45) is 1.03. The molecule has 2 aromatic carbocycles. The Morgan fingerprint density at radius 2 is 1.89 bits per heavy atom. The molecule has 2 N–H and O–H groups in total. The summed E-state index contributed by atoms with van der Waals surface area (Å²) in [5, 5.41) is 17.8. The first-order valence-electron chi connectivity index (χ1n) is 8.81. The van der Waals surface area contributed by atoms with Crippen LogP contribution in [0.3, 0.4) is 0 Å². The van der Waals surface area contributed by atoms with Gasteiger partial charge in [0.15, 0.2) is 0 Å². The van der Waals surface area contributed by atoms with Crippen LogP contribution in [0, 0.1) is 10.1 Å². The number of likely N-dealkylation sites (tertiary alicyclic amines) is 1. The summed E-state index contributed by atoms with van der Waals surface area (Å²) in [4.78, 5) is 37.3. The van der Waals surface area contributed by atoms with Crippen LogP contribution < -0.4 is 10.6 Å². The van der Waals surface area contributed by atoms with Crippen LogP contribution in [0.5, 0.6) is 0 Å². The number of halogens is 1. The minimum Gasteiger partial charge on any atom is -0.362 e. The Labute approximate surface area is 165 Å². The van der Waals surface area contributed by atoms with E-state index in [1.807, 2.05) is 0 Å². The molecule has 0 bridgehead atoms. The van der Waals surface area contributed by atoms with Gasteiger partial charge in [0.2, 0.25) is 0 Å². The second-order valence-corrected chi connectivity index (χ2v) is 7.39. The van der Waals surface area contributed by atoms with Crippen LogP contribution in [0.2, 0.25) is 5.02 Å². The van der Waals surface area contributed by atoms with Gasteiger partial charge in [0, 0.05) is 54.3 Å². The van der Waals surface area contributed by atoms with Crippen molar-refractivity contribution in [1.29, 1.82) is 0 Å². The summed E-state index contributed by atoms with van der Waals surface area (Å²) in [6, 6.07) is 10.8. The summed E-state index contributed by atoms with van der Waals surface area (Å²) >= 11 is 5.97. The van der Waals surface area contributed by atoms with Gasteiger partial charge in [-0.3, -0.25) is 19.7 Å². The lowest BCUT2D eigenvalue weighted by molar-refractivity contribution is -0.384. The van der Waals surface area contributed by atoms with Gasteiger partial charge in [0.1, 0.15) is 5.66 Å². The molecule has 2 heterocycles. The molecule has 2 aliphatic heterocycles. The van der Waals surface area contributed by atoms with E-state index in [1.165, 1.54) is 18.2 Å². The first-order chi connectivity index (χ1) is 13.4. The van der Waals surface area contributed by atoms with Gasteiger partial charge in [-0.05, 0) is 24.3 Å². The number of nitro benzene ring substituents is 1. The summed E-state index contributed by atoms with van der Waals surface area (Å²) in [7, 11) is 0. The zero-order valence-corrected chi connectivity index (χ0v) is 15.5. The van der Waals surface area contributed by atoms with E-state index in [4.69, 9.17) is 11.6 Å². The third-order valence-corrected chi connectivity index (χ3v) is 5.40. The second-order valence-electron chi connectivity index (χ2n) is 6.95. The van der Waals surface area contributed by atoms with E-state index in [-0.39, 0.29) is 23.1 Å². The van der Waals surface area contributed by atoms with E-state index in [0.29, 0.717) is 42.2 Å². The molecule has 144 valence electrons. The van der Waals surface area contributed by atoms with E-state index in [0.717, 1.165) is 0 Å². The van der Waals surface area contributed by atoms with E-state index < -0.39 is 10.6 Å². The third-order valence-electron chi connectivity index (χ3n) is 5.16. The van der Waals surface area contributed by atoms with Crippen molar-refractivity contribution in [3.05, 3.63) is 68.7 Å². The number of benzene rings is 2. The lowest BCUT2D eigenvalue weighted by Crippen LogP contribution is -2.62. The molecule has 1 spiro atoms. The van der Waals surface area contributed by atoms with Crippen molar-refractivity contribution >= 4 is 34.8 Å². The van der Waals surface area contributed by atoms with Crippen molar-refractivity contribution in [3.8, 4) is 0 Å². The molecule has 0 aromatic heterocycles. The van der Waals surface area contributed by atoms with Crippen molar-refractivity contribution in [2.45, 2.75) is 18.5 Å². The molecule has 1 fully saturated rings. The smallest absolute Gasteiger partial charge is 0.270 e. The predicted molar refractivity (Wildman–Crippen MR) is 104 cm³/mol. The van der Waals surface area contributed by atoms with Crippen molar-refractivity contribution in [3.63, 3.8) is 0 Å². The first-order valence-corrected chi connectivity index (χ1v) is 9.19. The lowest BCUT2D eigenvalue weighted by Gasteiger charge is -2.45. The van der Waals surface area contributed by atoms with Crippen LogP contribution >= 0.6 is 11.6 Å². The molecule has 8 nitrogen and oxygen atoms in total. The molecule has 1 saturated heterocycles. The zero-order valence-electron chi connectivity index (χ0n) is 14.8. The Morgan fingerprint density at radius 1 is 1.14 bits per heavy atom. The number of carbonyl (C=O) groups excluding carboxylic acids is 2. The quantitative estimate of drug-likeness (QED) is 0.595. The fraction of sp³-hybridized carbons (Fsp3) is 0.263. The van der Waals surface area contributed by atoms with E-state index in [2.05, 4.69) is 10.6 Å². The molecule has 0 unspecified atom stereocenters. The number of nitrogens with zero attached hydrogens (tertiary/aromatic N) is 2. The molecule has 0 aliphatic carbocycles. The number of nitrogens with one attached hydrogen (secondary N) is 2. The van der Waals surface area contributed by atoms with Gasteiger partial charge in [0.25, 0.3) is 17.5 Å². The Balaban J connectivity index is 1.48. The average molecular weight is 401 g/mol. The highest BCUT2D eigenvalue weighted by Gasteiger charge is 2.41. The Hall–Kier alpha value is -3.13. The molecule has 4 rings (SSSR count). The number of piperidine rings is 1. The molecule has 9 heteroatoms. The lowest BCUT2D eigenvalue weighted by atomic mass is 9.92. The number of hydrogen-bond acceptors (Lipinski definition) is 5. The van der Waals surface area contributed by atoms with Gasteiger partial charge in [-0.2, -0.15) is 0 Å². The second kappa shape index (κ2) is 6.79. The number of rotatable bonds is 2. The van der Waals surface area contributed by atoms with Crippen LogP contribution in [0.25, 0.3) is 0 Å². The number of non-ortho nitro benzene ring substituents is 1. The van der Waals surface area contributed by atoms with E-state index in [1.54, 1.807) is 29.2 Å². The summed E-state index contributed by atoms with van der Waals surface area (Å²) < 4.78 is 0. The Morgan fingerprint density at radius 3 is 2.61 bits per heavy atom. The Kier molecular flexibility index (Phi) is 4.43. The highest BCUT2D eigenvalue weighted by atomic mass is 35.5. The third kappa shape index (κ3) is 3.27. The highest BCUT2D eigenvalue weighted by molar-refractivity contribution is 6.31. The minimum absolute atomic E-state index is 0.115. The summed E-state index contributed by atoms with van der Waals surface area (Å²) in [5.41, 5.74) is 0.749. The monoisotopic (exact) mass is 400 g/mol. The fourth-order valence-electron chi connectivity index (χ4n) is 3.66. The number of hydrogen-bond donors (Lipinski definition) is 2. The minimum atomic E-state index is -0.628. The molecule has 0 saturated carbocycles. The number of anilines is 1. The molecule has 28 heavy (non-hydrogen) atoms. The van der Waals surface area contributed by atoms with Crippen LogP contribution in [0.1, 0.15) is 33.6 Å². The number of fused-ring (bicyclic) bond motifs is 1. The maximum Gasteiger partial charge on any atom is 0.270 e. The Bertz CT molecular complexity index is 986. The van der Waals surface area contributed by atoms with Crippen LogP contribution in [0.4, 0.5) is 11.4 Å². The average Bonchev–Trinajstić information content (AvgIpc) is 2.69. The fourth-order valence-corrected chi connectivity index (χ4v) is 3.84. The van der Waals surface area contributed by atoms with Gasteiger partial charge < -0.3 is 15.5 Å². The zero-order chi connectivity index (χ0) is 19.9. The molecule has 2 aromatic rings. The normalized spacial score (nSPS) is 17.5. The first kappa shape index (κ1) is 18.2. The van der Waals surface area contributed by atoms with Gasteiger partial charge in [-0.1, -0.05) is 17.7 Å². The van der Waals surface area contributed by atoms with Crippen LogP contribution in [-0.4, -0.2) is 40.4 Å². The van der Waals surface area contributed by atoms with E-state index in [9.17, 15) is 19.7 Å². The standard InChI is InChI=1S/C19H17ClN4O4/c20-13-4-5-16-15(11-13)17(25)22-19(21-16)6-8-23(9-7-19)18(26)12-2-1-3-14(10-12)24(27)28/h1-5,10-11,21H,6-9H2,(H,22,25). The van der Waals surface area contributed by atoms with Gasteiger partial charge in [-0.25, -0.2) is 0 Å². The molecular weight excluding hydrogens is 384 g/mol. The molecule has 0 radical (unpaired) electrons.